The molecule has 2 nitrogen and oxygen atoms in total. The van der Waals surface area contributed by atoms with Crippen LogP contribution in [-0.4, -0.2) is 16.8 Å². The Hall–Kier alpha value is -1.31. The molecule has 0 spiro atoms. The Labute approximate surface area is 97.3 Å². The molecule has 0 bridgehead atoms. The second-order valence-corrected chi connectivity index (χ2v) is 4.57. The highest BCUT2D eigenvalue weighted by Crippen LogP contribution is 2.24. The predicted molar refractivity (Wildman–Crippen MR) is 64.9 cm³/mol. The number of hydrogen-bond donors (Lipinski definition) is 0. The summed E-state index contributed by atoms with van der Waals surface area (Å²) < 4.78 is 0. The zero-order chi connectivity index (χ0) is 11.4. The third-order valence-electron chi connectivity index (χ3n) is 3.37. The first-order valence-electron chi connectivity index (χ1n) is 6.08. The molecule has 1 fully saturated rings. The van der Waals surface area contributed by atoms with E-state index in [1.165, 1.54) is 31.2 Å². The summed E-state index contributed by atoms with van der Waals surface area (Å²) in [4.78, 5) is 13.7. The molecule has 0 unspecified atom stereocenters. The molecule has 0 aliphatic heterocycles. The highest BCUT2D eigenvalue weighted by atomic mass is 16.2. The van der Waals surface area contributed by atoms with Gasteiger partial charge >= 0.3 is 0 Å². The maximum atomic E-state index is 11.7. The number of benzene rings is 1. The fraction of sp³-hybridized carbons (Fsp3) is 0.500. The maximum absolute atomic E-state index is 11.7. The summed E-state index contributed by atoms with van der Waals surface area (Å²) >= 11 is 0. The molecular weight excluding hydrogens is 198 g/mol. The number of amides is 1. The van der Waals surface area contributed by atoms with E-state index in [0.29, 0.717) is 6.04 Å². The number of nitrogens with zero attached hydrogens (tertiary/aromatic N) is 1. The Morgan fingerprint density at radius 2 is 1.88 bits per heavy atom. The fourth-order valence-corrected chi connectivity index (χ4v) is 2.49. The fourth-order valence-electron chi connectivity index (χ4n) is 2.49. The zero-order valence-electron chi connectivity index (χ0n) is 9.86. The van der Waals surface area contributed by atoms with Crippen LogP contribution in [0.1, 0.15) is 38.2 Å². The Morgan fingerprint density at radius 3 is 2.44 bits per heavy atom. The van der Waals surface area contributed by atoms with E-state index >= 15 is 0 Å². The largest absolute Gasteiger partial charge is 0.336 e. The van der Waals surface area contributed by atoms with Crippen molar-refractivity contribution in [3.63, 3.8) is 0 Å². The Kier molecular flexibility index (Phi) is 3.60. The maximum Gasteiger partial charge on any atom is 0.219 e. The van der Waals surface area contributed by atoms with Crippen LogP contribution in [0.2, 0.25) is 0 Å². The number of hydrogen-bond acceptors (Lipinski definition) is 1. The van der Waals surface area contributed by atoms with Gasteiger partial charge in [-0.25, -0.2) is 0 Å². The van der Waals surface area contributed by atoms with Gasteiger partial charge in [0, 0.05) is 19.5 Å². The quantitative estimate of drug-likeness (QED) is 0.762. The van der Waals surface area contributed by atoms with Crippen molar-refractivity contribution in [2.45, 2.75) is 45.2 Å². The second kappa shape index (κ2) is 5.15. The predicted octanol–water partition coefficient (Wildman–Crippen LogP) is 2.98. The molecule has 1 aromatic rings. The molecule has 1 aliphatic carbocycles. The molecule has 2 rings (SSSR count). The Bertz CT molecular complexity index is 341. The van der Waals surface area contributed by atoms with Crippen LogP contribution in [0, 0.1) is 0 Å². The molecule has 0 aromatic heterocycles. The molecule has 1 aliphatic rings. The van der Waals surface area contributed by atoms with Gasteiger partial charge in [-0.1, -0.05) is 43.2 Å². The van der Waals surface area contributed by atoms with Crippen LogP contribution in [0.5, 0.6) is 0 Å². The minimum Gasteiger partial charge on any atom is -0.336 e. The average molecular weight is 217 g/mol. The van der Waals surface area contributed by atoms with Crippen LogP contribution < -0.4 is 0 Å². The molecular formula is C14H19NO. The smallest absolute Gasteiger partial charge is 0.219 e. The van der Waals surface area contributed by atoms with Crippen molar-refractivity contribution in [2.75, 3.05) is 0 Å². The lowest BCUT2D eigenvalue weighted by Gasteiger charge is -2.27. The van der Waals surface area contributed by atoms with E-state index in [4.69, 9.17) is 0 Å². The molecule has 1 saturated carbocycles. The highest BCUT2D eigenvalue weighted by molar-refractivity contribution is 5.73. The lowest BCUT2D eigenvalue weighted by atomic mass is 10.1. The van der Waals surface area contributed by atoms with Crippen molar-refractivity contribution in [3.05, 3.63) is 35.9 Å². The molecule has 1 amide bonds. The van der Waals surface area contributed by atoms with E-state index in [2.05, 4.69) is 12.1 Å². The lowest BCUT2D eigenvalue weighted by molar-refractivity contribution is -0.131. The van der Waals surface area contributed by atoms with Gasteiger partial charge in [-0.2, -0.15) is 0 Å². The third kappa shape index (κ3) is 2.63. The second-order valence-electron chi connectivity index (χ2n) is 4.57. The summed E-state index contributed by atoms with van der Waals surface area (Å²) in [6, 6.07) is 10.7. The zero-order valence-corrected chi connectivity index (χ0v) is 9.86. The molecule has 0 N–H and O–H groups in total. The van der Waals surface area contributed by atoms with E-state index < -0.39 is 0 Å². The van der Waals surface area contributed by atoms with E-state index in [-0.39, 0.29) is 5.91 Å². The highest BCUT2D eigenvalue weighted by Gasteiger charge is 2.24. The van der Waals surface area contributed by atoms with Crippen molar-refractivity contribution in [2.24, 2.45) is 0 Å². The summed E-state index contributed by atoms with van der Waals surface area (Å²) in [6.07, 6.45) is 4.88. The summed E-state index contributed by atoms with van der Waals surface area (Å²) in [7, 11) is 0. The van der Waals surface area contributed by atoms with Crippen LogP contribution in [-0.2, 0) is 11.3 Å². The standard InChI is InChI=1S/C14H19NO/c1-12(16)15(14-9-5-6-10-14)11-13-7-3-2-4-8-13/h2-4,7-8,14H,5-6,9-11H2,1H3. The number of rotatable bonds is 3. The topological polar surface area (TPSA) is 20.3 Å². The number of carbonyl (C=O) groups is 1. The SMILES string of the molecule is CC(=O)N(Cc1ccccc1)C1CCCC1. The Morgan fingerprint density at radius 1 is 1.25 bits per heavy atom. The van der Waals surface area contributed by atoms with Crippen LogP contribution in [0.4, 0.5) is 0 Å². The molecule has 86 valence electrons. The van der Waals surface area contributed by atoms with Gasteiger partial charge in [0.25, 0.3) is 0 Å². The van der Waals surface area contributed by atoms with Gasteiger partial charge in [-0.05, 0) is 18.4 Å². The van der Waals surface area contributed by atoms with Crippen molar-refractivity contribution in [3.8, 4) is 0 Å². The van der Waals surface area contributed by atoms with E-state index in [0.717, 1.165) is 6.54 Å². The van der Waals surface area contributed by atoms with E-state index in [1.54, 1.807) is 6.92 Å². The molecule has 0 radical (unpaired) electrons. The summed E-state index contributed by atoms with van der Waals surface area (Å²) in [5, 5.41) is 0. The van der Waals surface area contributed by atoms with Crippen LogP contribution in [0.25, 0.3) is 0 Å². The summed E-state index contributed by atoms with van der Waals surface area (Å²) in [5.74, 6) is 0.204. The van der Waals surface area contributed by atoms with Gasteiger partial charge in [0.05, 0.1) is 0 Å². The normalized spacial score (nSPS) is 16.3. The monoisotopic (exact) mass is 217 g/mol. The minimum atomic E-state index is 0.204. The first-order valence-corrected chi connectivity index (χ1v) is 6.08. The molecule has 16 heavy (non-hydrogen) atoms. The molecule has 0 atom stereocenters. The van der Waals surface area contributed by atoms with Gasteiger partial charge in [-0.15, -0.1) is 0 Å². The van der Waals surface area contributed by atoms with E-state index in [9.17, 15) is 4.79 Å². The van der Waals surface area contributed by atoms with Crippen LogP contribution in [0.3, 0.4) is 0 Å². The van der Waals surface area contributed by atoms with Gasteiger partial charge in [0.15, 0.2) is 0 Å². The lowest BCUT2D eigenvalue weighted by Crippen LogP contribution is -2.36. The first-order chi connectivity index (χ1) is 7.77. The van der Waals surface area contributed by atoms with Gasteiger partial charge in [-0.3, -0.25) is 4.79 Å². The molecule has 0 heterocycles. The molecule has 0 saturated heterocycles. The van der Waals surface area contributed by atoms with Crippen molar-refractivity contribution in [1.29, 1.82) is 0 Å². The van der Waals surface area contributed by atoms with Crippen molar-refractivity contribution >= 4 is 5.91 Å². The van der Waals surface area contributed by atoms with Crippen LogP contribution >= 0.6 is 0 Å². The number of carbonyl (C=O) groups excluding carboxylic acids is 1. The van der Waals surface area contributed by atoms with Crippen LogP contribution in [0.15, 0.2) is 30.3 Å². The van der Waals surface area contributed by atoms with E-state index in [1.807, 2.05) is 23.1 Å². The Balaban J connectivity index is 2.05. The summed E-state index contributed by atoms with van der Waals surface area (Å²) in [6.45, 7) is 2.45. The first kappa shape index (κ1) is 11.2. The van der Waals surface area contributed by atoms with Crippen molar-refractivity contribution in [1.82, 2.24) is 4.90 Å². The minimum absolute atomic E-state index is 0.204. The van der Waals surface area contributed by atoms with Gasteiger partial charge in [0.2, 0.25) is 5.91 Å². The molecule has 2 heteroatoms. The average Bonchev–Trinajstić information content (AvgIpc) is 2.80. The third-order valence-corrected chi connectivity index (χ3v) is 3.37. The summed E-state index contributed by atoms with van der Waals surface area (Å²) in [5.41, 5.74) is 1.23. The molecule has 1 aromatic carbocycles. The van der Waals surface area contributed by atoms with Crippen molar-refractivity contribution < 1.29 is 4.79 Å². The van der Waals surface area contributed by atoms with Gasteiger partial charge < -0.3 is 4.90 Å². The van der Waals surface area contributed by atoms with Gasteiger partial charge in [0.1, 0.15) is 0 Å².